The van der Waals surface area contributed by atoms with E-state index in [9.17, 15) is 4.79 Å². The Morgan fingerprint density at radius 3 is 2.85 bits per heavy atom. The maximum atomic E-state index is 11.8. The van der Waals surface area contributed by atoms with Crippen LogP contribution in [0.1, 0.15) is 28.9 Å². The van der Waals surface area contributed by atoms with Crippen molar-refractivity contribution < 1.29 is 9.53 Å². The summed E-state index contributed by atoms with van der Waals surface area (Å²) < 4.78 is 5.50. The van der Waals surface area contributed by atoms with E-state index in [1.165, 1.54) is 11.3 Å². The number of thioether (sulfide) groups is 1. The smallest absolute Gasteiger partial charge is 0.263 e. The van der Waals surface area contributed by atoms with Crippen LogP contribution in [0.25, 0.3) is 0 Å². The molecule has 4 N–H and O–H groups in total. The third-order valence-corrected chi connectivity index (χ3v) is 5.71. The molecule has 0 aliphatic heterocycles. The number of anilines is 2. The standard InChI is InChI=1S/C13H21N3O2S2/c1-15-12(17)10-9(14)11(19-3)13(20-10)16-7-5-4-6-8(7)18-2/h7-8,16H,4-6,14H2,1-3H3,(H,15,17). The summed E-state index contributed by atoms with van der Waals surface area (Å²) in [7, 11) is 3.37. The molecule has 0 saturated heterocycles. The number of hydrogen-bond acceptors (Lipinski definition) is 6. The predicted molar refractivity (Wildman–Crippen MR) is 86.0 cm³/mol. The second kappa shape index (κ2) is 6.69. The van der Waals surface area contributed by atoms with Crippen molar-refractivity contribution in [3.8, 4) is 0 Å². The molecule has 2 rings (SSSR count). The molecule has 7 heteroatoms. The molecule has 1 fully saturated rings. The zero-order chi connectivity index (χ0) is 14.7. The van der Waals surface area contributed by atoms with Crippen LogP contribution in [0.5, 0.6) is 0 Å². The van der Waals surface area contributed by atoms with Crippen molar-refractivity contribution in [3.63, 3.8) is 0 Å². The van der Waals surface area contributed by atoms with Gasteiger partial charge in [0.2, 0.25) is 0 Å². The average Bonchev–Trinajstić information content (AvgIpc) is 3.02. The van der Waals surface area contributed by atoms with Gasteiger partial charge in [0.05, 0.1) is 22.7 Å². The Hall–Kier alpha value is -0.920. The summed E-state index contributed by atoms with van der Waals surface area (Å²) in [5.41, 5.74) is 6.66. The summed E-state index contributed by atoms with van der Waals surface area (Å²) >= 11 is 2.98. The van der Waals surface area contributed by atoms with Gasteiger partial charge in [0, 0.05) is 14.2 Å². The third-order valence-electron chi connectivity index (χ3n) is 3.61. The minimum absolute atomic E-state index is 0.134. The number of nitrogen functional groups attached to an aromatic ring is 1. The molecule has 1 saturated carbocycles. The number of nitrogens with one attached hydrogen (secondary N) is 2. The summed E-state index contributed by atoms with van der Waals surface area (Å²) in [6, 6.07) is 0.293. The maximum absolute atomic E-state index is 11.8. The van der Waals surface area contributed by atoms with Gasteiger partial charge in [-0.05, 0) is 25.5 Å². The van der Waals surface area contributed by atoms with Crippen LogP contribution in [-0.2, 0) is 4.74 Å². The van der Waals surface area contributed by atoms with Crippen molar-refractivity contribution in [2.45, 2.75) is 36.3 Å². The predicted octanol–water partition coefficient (Wildman–Crippen LogP) is 2.39. The largest absolute Gasteiger partial charge is 0.396 e. The quantitative estimate of drug-likeness (QED) is 0.727. The molecular formula is C13H21N3O2S2. The lowest BCUT2D eigenvalue weighted by Gasteiger charge is -2.20. The van der Waals surface area contributed by atoms with Crippen molar-refractivity contribution in [2.24, 2.45) is 0 Å². The fourth-order valence-corrected chi connectivity index (χ4v) is 4.58. The number of amides is 1. The van der Waals surface area contributed by atoms with Crippen molar-refractivity contribution in [1.82, 2.24) is 5.32 Å². The lowest BCUT2D eigenvalue weighted by molar-refractivity contribution is 0.0967. The summed E-state index contributed by atoms with van der Waals surface area (Å²) in [5, 5.41) is 7.12. The number of thiophene rings is 1. The molecule has 1 aliphatic carbocycles. The molecule has 1 amide bonds. The van der Waals surface area contributed by atoms with Crippen LogP contribution in [-0.4, -0.2) is 38.5 Å². The number of rotatable bonds is 5. The van der Waals surface area contributed by atoms with E-state index in [-0.39, 0.29) is 12.0 Å². The molecule has 1 aromatic heterocycles. The second-order valence-electron chi connectivity index (χ2n) is 4.74. The molecule has 0 bridgehead atoms. The molecule has 1 heterocycles. The molecule has 1 aliphatic rings. The summed E-state index contributed by atoms with van der Waals surface area (Å²) in [6.07, 6.45) is 5.52. The monoisotopic (exact) mass is 315 g/mol. The summed E-state index contributed by atoms with van der Waals surface area (Å²) in [4.78, 5) is 13.4. The van der Waals surface area contributed by atoms with Crippen LogP contribution in [0.15, 0.2) is 4.90 Å². The molecule has 2 unspecified atom stereocenters. The van der Waals surface area contributed by atoms with Gasteiger partial charge in [-0.3, -0.25) is 4.79 Å². The maximum Gasteiger partial charge on any atom is 0.263 e. The van der Waals surface area contributed by atoms with Crippen molar-refractivity contribution >= 4 is 39.7 Å². The first-order valence-corrected chi connectivity index (χ1v) is 8.64. The van der Waals surface area contributed by atoms with Gasteiger partial charge in [-0.25, -0.2) is 0 Å². The zero-order valence-corrected chi connectivity index (χ0v) is 13.6. The van der Waals surface area contributed by atoms with Crippen LogP contribution in [0, 0.1) is 0 Å². The molecule has 0 aromatic carbocycles. The first-order chi connectivity index (χ1) is 9.62. The van der Waals surface area contributed by atoms with Crippen LogP contribution in [0.3, 0.4) is 0 Å². The number of carbonyl (C=O) groups is 1. The lowest BCUT2D eigenvalue weighted by atomic mass is 10.2. The third kappa shape index (κ3) is 2.89. The molecule has 0 spiro atoms. The van der Waals surface area contributed by atoms with E-state index in [2.05, 4.69) is 10.6 Å². The summed E-state index contributed by atoms with van der Waals surface area (Å²) in [6.45, 7) is 0. The lowest BCUT2D eigenvalue weighted by Crippen LogP contribution is -2.29. The summed E-state index contributed by atoms with van der Waals surface area (Å²) in [5.74, 6) is -0.134. The fourth-order valence-electron chi connectivity index (χ4n) is 2.55. The van der Waals surface area contributed by atoms with Crippen molar-refractivity contribution in [3.05, 3.63) is 4.88 Å². The van der Waals surface area contributed by atoms with Gasteiger partial charge in [0.1, 0.15) is 9.88 Å². The highest BCUT2D eigenvalue weighted by atomic mass is 32.2. The molecule has 5 nitrogen and oxygen atoms in total. The van der Waals surface area contributed by atoms with Crippen LogP contribution in [0.2, 0.25) is 0 Å². The number of methoxy groups -OCH3 is 1. The number of carbonyl (C=O) groups excluding carboxylic acids is 1. The zero-order valence-electron chi connectivity index (χ0n) is 12.0. The van der Waals surface area contributed by atoms with Crippen molar-refractivity contribution in [1.29, 1.82) is 0 Å². The van der Waals surface area contributed by atoms with E-state index in [4.69, 9.17) is 10.5 Å². The highest BCUT2D eigenvalue weighted by molar-refractivity contribution is 7.99. The normalized spacial score (nSPS) is 21.9. The van der Waals surface area contributed by atoms with Gasteiger partial charge in [-0.2, -0.15) is 0 Å². The fraction of sp³-hybridized carbons (Fsp3) is 0.615. The molecule has 2 atom stereocenters. The van der Waals surface area contributed by atoms with Gasteiger partial charge < -0.3 is 21.1 Å². The Balaban J connectivity index is 2.25. The Bertz CT molecular complexity index is 490. The average molecular weight is 315 g/mol. The SMILES string of the molecule is CNC(=O)c1sc(NC2CCCC2OC)c(SC)c1N. The highest BCUT2D eigenvalue weighted by Crippen LogP contribution is 2.43. The van der Waals surface area contributed by atoms with E-state index in [1.807, 2.05) is 6.26 Å². The molecule has 1 aromatic rings. The minimum Gasteiger partial charge on any atom is -0.396 e. The van der Waals surface area contributed by atoms with E-state index in [0.717, 1.165) is 29.2 Å². The molecule has 112 valence electrons. The Morgan fingerprint density at radius 1 is 1.50 bits per heavy atom. The van der Waals surface area contributed by atoms with Gasteiger partial charge >= 0.3 is 0 Å². The van der Waals surface area contributed by atoms with E-state index < -0.39 is 0 Å². The number of ether oxygens (including phenoxy) is 1. The Kier molecular flexibility index (Phi) is 5.17. The first kappa shape index (κ1) is 15.5. The van der Waals surface area contributed by atoms with Crippen LogP contribution in [0.4, 0.5) is 10.7 Å². The van der Waals surface area contributed by atoms with Crippen LogP contribution >= 0.6 is 23.1 Å². The van der Waals surface area contributed by atoms with Gasteiger partial charge in [-0.1, -0.05) is 0 Å². The van der Waals surface area contributed by atoms with E-state index in [1.54, 1.807) is 25.9 Å². The van der Waals surface area contributed by atoms with E-state index in [0.29, 0.717) is 16.6 Å². The van der Waals surface area contributed by atoms with Gasteiger partial charge in [-0.15, -0.1) is 23.1 Å². The van der Waals surface area contributed by atoms with E-state index >= 15 is 0 Å². The second-order valence-corrected chi connectivity index (χ2v) is 6.58. The molecule has 20 heavy (non-hydrogen) atoms. The first-order valence-electron chi connectivity index (χ1n) is 6.60. The minimum atomic E-state index is -0.134. The van der Waals surface area contributed by atoms with Gasteiger partial charge in [0.15, 0.2) is 0 Å². The topological polar surface area (TPSA) is 76.4 Å². The number of hydrogen-bond donors (Lipinski definition) is 3. The Labute approximate surface area is 127 Å². The van der Waals surface area contributed by atoms with Crippen molar-refractivity contribution in [2.75, 3.05) is 31.5 Å². The Morgan fingerprint density at radius 2 is 2.25 bits per heavy atom. The van der Waals surface area contributed by atoms with Crippen LogP contribution < -0.4 is 16.4 Å². The molecular weight excluding hydrogens is 294 g/mol. The van der Waals surface area contributed by atoms with Gasteiger partial charge in [0.25, 0.3) is 5.91 Å². The molecule has 0 radical (unpaired) electrons. The number of nitrogens with two attached hydrogens (primary N) is 1. The highest BCUT2D eigenvalue weighted by Gasteiger charge is 2.29.